The molecule has 1 N–H and O–H groups in total. The summed E-state index contributed by atoms with van der Waals surface area (Å²) in [6.07, 6.45) is 3.21. The molecule has 1 aromatic carbocycles. The van der Waals surface area contributed by atoms with Gasteiger partial charge in [-0.3, -0.25) is 0 Å². The Morgan fingerprint density at radius 1 is 1.12 bits per heavy atom. The third-order valence-corrected chi connectivity index (χ3v) is 6.38. The lowest BCUT2D eigenvalue weighted by Gasteiger charge is -2.15. The summed E-state index contributed by atoms with van der Waals surface area (Å²) < 4.78 is 26.4. The maximum Gasteiger partial charge on any atom is 0.244 e. The summed E-state index contributed by atoms with van der Waals surface area (Å²) in [6, 6.07) is 8.52. The number of sulfonamides is 1. The fourth-order valence-electron chi connectivity index (χ4n) is 2.57. The van der Waals surface area contributed by atoms with Crippen molar-refractivity contribution in [3.63, 3.8) is 0 Å². The van der Waals surface area contributed by atoms with Crippen LogP contribution in [0.1, 0.15) is 18.4 Å². The molecule has 1 aliphatic rings. The number of rotatable bonds is 5. The van der Waals surface area contributed by atoms with E-state index in [1.165, 1.54) is 10.5 Å². The quantitative estimate of drug-likeness (QED) is 0.850. The van der Waals surface area contributed by atoms with Crippen molar-refractivity contribution in [2.75, 3.05) is 18.4 Å². The van der Waals surface area contributed by atoms with Crippen LogP contribution in [0.2, 0.25) is 10.0 Å². The second-order valence-corrected chi connectivity index (χ2v) is 8.36. The van der Waals surface area contributed by atoms with Crippen molar-refractivity contribution in [2.24, 2.45) is 0 Å². The zero-order valence-electron chi connectivity index (χ0n) is 12.9. The molecule has 1 aromatic heterocycles. The predicted molar refractivity (Wildman–Crippen MR) is 96.0 cm³/mol. The van der Waals surface area contributed by atoms with Gasteiger partial charge in [-0.1, -0.05) is 29.3 Å². The topological polar surface area (TPSA) is 62.3 Å². The van der Waals surface area contributed by atoms with Gasteiger partial charge in [0.25, 0.3) is 0 Å². The molecule has 0 amide bonds. The van der Waals surface area contributed by atoms with Crippen molar-refractivity contribution >= 4 is 39.0 Å². The van der Waals surface area contributed by atoms with Crippen molar-refractivity contribution in [3.05, 3.63) is 52.1 Å². The number of anilines is 1. The second-order valence-electron chi connectivity index (χ2n) is 5.58. The smallest absolute Gasteiger partial charge is 0.244 e. The SMILES string of the molecule is O=S(=O)(c1ccc(NCc2ccc(Cl)cc2Cl)nc1)N1CCCC1. The molecular weight excluding hydrogens is 369 g/mol. The van der Waals surface area contributed by atoms with E-state index in [1.807, 2.05) is 6.07 Å². The predicted octanol–water partition coefficient (Wildman–Crippen LogP) is 3.79. The Labute approximate surface area is 151 Å². The first-order valence-corrected chi connectivity index (χ1v) is 9.80. The minimum absolute atomic E-state index is 0.222. The van der Waals surface area contributed by atoms with Crippen molar-refractivity contribution in [1.82, 2.24) is 9.29 Å². The zero-order chi connectivity index (χ0) is 17.2. The molecule has 128 valence electrons. The molecule has 1 aliphatic heterocycles. The maximum atomic E-state index is 12.4. The molecule has 2 aromatic rings. The number of aromatic nitrogens is 1. The maximum absolute atomic E-state index is 12.4. The van der Waals surface area contributed by atoms with Gasteiger partial charge in [-0.25, -0.2) is 13.4 Å². The Balaban J connectivity index is 1.68. The molecular formula is C16H17Cl2N3O2S. The van der Waals surface area contributed by atoms with E-state index in [0.717, 1.165) is 18.4 Å². The summed E-state index contributed by atoms with van der Waals surface area (Å²) in [5.74, 6) is 0.585. The fourth-order valence-corrected chi connectivity index (χ4v) is 4.50. The summed E-state index contributed by atoms with van der Waals surface area (Å²) in [5.41, 5.74) is 0.886. The Morgan fingerprint density at radius 2 is 1.88 bits per heavy atom. The minimum Gasteiger partial charge on any atom is -0.366 e. The van der Waals surface area contributed by atoms with E-state index in [0.29, 0.717) is 35.5 Å². The lowest BCUT2D eigenvalue weighted by Crippen LogP contribution is -2.27. The Bertz CT molecular complexity index is 820. The molecule has 1 fully saturated rings. The van der Waals surface area contributed by atoms with E-state index < -0.39 is 10.0 Å². The van der Waals surface area contributed by atoms with Crippen molar-refractivity contribution in [2.45, 2.75) is 24.3 Å². The van der Waals surface area contributed by atoms with Crippen molar-refractivity contribution in [1.29, 1.82) is 0 Å². The van der Waals surface area contributed by atoms with Crippen molar-refractivity contribution < 1.29 is 8.42 Å². The van der Waals surface area contributed by atoms with Crippen LogP contribution in [-0.4, -0.2) is 30.8 Å². The normalized spacial score (nSPS) is 15.6. The highest BCUT2D eigenvalue weighted by Crippen LogP contribution is 2.23. The van der Waals surface area contributed by atoms with Gasteiger partial charge < -0.3 is 5.32 Å². The average Bonchev–Trinajstić information content (AvgIpc) is 3.10. The molecule has 0 aliphatic carbocycles. The molecule has 0 atom stereocenters. The van der Waals surface area contributed by atoms with E-state index in [4.69, 9.17) is 23.2 Å². The van der Waals surface area contributed by atoms with Crippen LogP contribution in [0.4, 0.5) is 5.82 Å². The van der Waals surface area contributed by atoms with Crippen LogP contribution >= 0.6 is 23.2 Å². The van der Waals surface area contributed by atoms with E-state index in [2.05, 4.69) is 10.3 Å². The monoisotopic (exact) mass is 385 g/mol. The number of halogens is 2. The van der Waals surface area contributed by atoms with E-state index in [9.17, 15) is 8.42 Å². The third-order valence-electron chi connectivity index (χ3n) is 3.91. The summed E-state index contributed by atoms with van der Waals surface area (Å²) in [5, 5.41) is 4.28. The van der Waals surface area contributed by atoms with Gasteiger partial charge in [0.2, 0.25) is 10.0 Å². The molecule has 0 bridgehead atoms. The number of hydrogen-bond acceptors (Lipinski definition) is 4. The van der Waals surface area contributed by atoms with Gasteiger partial charge in [0.15, 0.2) is 0 Å². The Hall–Kier alpha value is -1.34. The van der Waals surface area contributed by atoms with Crippen LogP contribution in [0.25, 0.3) is 0 Å². The van der Waals surface area contributed by atoms with Crippen LogP contribution in [-0.2, 0) is 16.6 Å². The molecule has 3 rings (SSSR count). The summed E-state index contributed by atoms with van der Waals surface area (Å²) in [7, 11) is -3.43. The van der Waals surface area contributed by atoms with Gasteiger partial charge >= 0.3 is 0 Å². The van der Waals surface area contributed by atoms with Crippen LogP contribution in [0, 0.1) is 0 Å². The largest absolute Gasteiger partial charge is 0.366 e. The lowest BCUT2D eigenvalue weighted by atomic mass is 10.2. The van der Waals surface area contributed by atoms with Gasteiger partial charge in [-0.05, 0) is 42.7 Å². The van der Waals surface area contributed by atoms with E-state index >= 15 is 0 Å². The molecule has 8 heteroatoms. The van der Waals surface area contributed by atoms with Gasteiger partial charge in [-0.2, -0.15) is 4.31 Å². The number of nitrogens with zero attached hydrogens (tertiary/aromatic N) is 2. The van der Waals surface area contributed by atoms with Gasteiger partial charge in [0, 0.05) is 35.9 Å². The second kappa shape index (κ2) is 7.27. The number of pyridine rings is 1. The standard InChI is InChI=1S/C16H17Cl2N3O2S/c17-13-4-3-12(15(18)9-13)10-19-16-6-5-14(11-20-16)24(22,23)21-7-1-2-8-21/h3-6,9,11H,1-2,7-8,10H2,(H,19,20). The minimum atomic E-state index is -3.43. The summed E-state index contributed by atoms with van der Waals surface area (Å²) in [4.78, 5) is 4.41. The highest BCUT2D eigenvalue weighted by atomic mass is 35.5. The van der Waals surface area contributed by atoms with Crippen molar-refractivity contribution in [3.8, 4) is 0 Å². The van der Waals surface area contributed by atoms with Crippen LogP contribution in [0.5, 0.6) is 0 Å². The molecule has 0 radical (unpaired) electrons. The highest BCUT2D eigenvalue weighted by Gasteiger charge is 2.27. The fraction of sp³-hybridized carbons (Fsp3) is 0.312. The third kappa shape index (κ3) is 3.83. The Morgan fingerprint density at radius 3 is 2.50 bits per heavy atom. The first-order valence-electron chi connectivity index (χ1n) is 7.61. The number of benzene rings is 1. The van der Waals surface area contributed by atoms with Gasteiger partial charge in [0.05, 0.1) is 0 Å². The zero-order valence-corrected chi connectivity index (χ0v) is 15.2. The average molecular weight is 386 g/mol. The van der Waals surface area contributed by atoms with Gasteiger partial charge in [-0.15, -0.1) is 0 Å². The van der Waals surface area contributed by atoms with E-state index in [-0.39, 0.29) is 4.90 Å². The molecule has 0 saturated carbocycles. The summed E-state index contributed by atoms with van der Waals surface area (Å²) >= 11 is 12.0. The number of nitrogens with one attached hydrogen (secondary N) is 1. The lowest BCUT2D eigenvalue weighted by molar-refractivity contribution is 0.477. The van der Waals surface area contributed by atoms with Crippen LogP contribution < -0.4 is 5.32 Å². The first-order chi connectivity index (χ1) is 11.5. The molecule has 2 heterocycles. The molecule has 24 heavy (non-hydrogen) atoms. The van der Waals surface area contributed by atoms with Crippen LogP contribution in [0.3, 0.4) is 0 Å². The summed E-state index contributed by atoms with van der Waals surface area (Å²) in [6.45, 7) is 1.63. The van der Waals surface area contributed by atoms with Gasteiger partial charge in [0.1, 0.15) is 10.7 Å². The first kappa shape index (κ1) is 17.5. The molecule has 0 unspecified atom stereocenters. The van der Waals surface area contributed by atoms with E-state index in [1.54, 1.807) is 24.3 Å². The highest BCUT2D eigenvalue weighted by molar-refractivity contribution is 7.89. The molecule has 1 saturated heterocycles. The Kier molecular flexibility index (Phi) is 5.30. The number of hydrogen-bond donors (Lipinski definition) is 1. The molecule has 0 spiro atoms. The molecule has 5 nitrogen and oxygen atoms in total. The van der Waals surface area contributed by atoms with Crippen LogP contribution in [0.15, 0.2) is 41.4 Å².